The van der Waals surface area contributed by atoms with Crippen LogP contribution in [0.1, 0.15) is 33.6 Å². The van der Waals surface area contributed by atoms with Crippen LogP contribution in [0.15, 0.2) is 72.8 Å². The fourth-order valence-corrected chi connectivity index (χ4v) is 6.16. The Kier molecular flexibility index (Phi) is 8.87. The molecule has 0 aliphatic rings. The highest BCUT2D eigenvalue weighted by atomic mass is 28.3. The highest BCUT2D eigenvalue weighted by molar-refractivity contribution is 6.85. The number of esters is 2. The van der Waals surface area contributed by atoms with Crippen LogP contribution in [0.5, 0.6) is 0 Å². The lowest BCUT2D eigenvalue weighted by Crippen LogP contribution is -2.41. The minimum absolute atomic E-state index is 0.349. The van der Waals surface area contributed by atoms with Crippen LogP contribution in [-0.2, 0) is 19.1 Å². The van der Waals surface area contributed by atoms with E-state index in [0.717, 1.165) is 31.0 Å². The molecule has 0 amide bonds. The van der Waals surface area contributed by atoms with Crippen LogP contribution in [0.25, 0.3) is 0 Å². The van der Waals surface area contributed by atoms with Gasteiger partial charge in [0.25, 0.3) is 0 Å². The molecular formula is C24H30O4Si. The molecule has 0 N–H and O–H groups in total. The number of carbonyl (C=O) groups is 2. The van der Waals surface area contributed by atoms with Crippen molar-refractivity contribution in [1.82, 2.24) is 0 Å². The molecule has 0 radical (unpaired) electrons. The zero-order valence-electron chi connectivity index (χ0n) is 17.5. The molecule has 0 heterocycles. The summed E-state index contributed by atoms with van der Waals surface area (Å²) in [5, 5.41) is 2.85. The molecule has 2 rings (SSSR count). The Morgan fingerprint density at radius 1 is 0.828 bits per heavy atom. The molecule has 2 aromatic carbocycles. The van der Waals surface area contributed by atoms with Gasteiger partial charge < -0.3 is 9.47 Å². The molecule has 0 aliphatic heterocycles. The Bertz CT molecular complexity index is 755. The number of rotatable bonds is 9. The second-order valence-corrected chi connectivity index (χ2v) is 10.9. The Labute approximate surface area is 175 Å². The third-order valence-corrected chi connectivity index (χ3v) is 7.66. The summed E-state index contributed by atoms with van der Waals surface area (Å²) in [6.45, 7) is 5.68. The standard InChI is InChI=1S/C24H30O4Si/c1-24(2,3)28-23(26)17-16-22(25)27-18-10-11-19-29(20-12-6-4-7-13-20)21-14-8-5-9-15-21/h4-9,12-17,29H,10-11,18-19H2,1-3H3/b17-16-. The van der Waals surface area contributed by atoms with Crippen molar-refractivity contribution in [3.8, 4) is 0 Å². The monoisotopic (exact) mass is 410 g/mol. The van der Waals surface area contributed by atoms with Crippen molar-refractivity contribution in [3.05, 3.63) is 72.8 Å². The normalized spacial score (nSPS) is 11.6. The molecule has 154 valence electrons. The smallest absolute Gasteiger partial charge is 0.331 e. The highest BCUT2D eigenvalue weighted by Crippen LogP contribution is 2.07. The van der Waals surface area contributed by atoms with E-state index in [1.807, 2.05) is 12.1 Å². The maximum atomic E-state index is 11.7. The number of hydrogen-bond acceptors (Lipinski definition) is 4. The molecule has 5 heteroatoms. The maximum absolute atomic E-state index is 11.7. The molecule has 0 unspecified atom stereocenters. The molecule has 0 aliphatic carbocycles. The summed E-state index contributed by atoms with van der Waals surface area (Å²) in [6.07, 6.45) is 4.03. The van der Waals surface area contributed by atoms with E-state index in [4.69, 9.17) is 9.47 Å². The van der Waals surface area contributed by atoms with Crippen LogP contribution in [0, 0.1) is 0 Å². The number of hydrogen-bond donors (Lipinski definition) is 0. The Morgan fingerprint density at radius 3 is 1.86 bits per heavy atom. The van der Waals surface area contributed by atoms with E-state index >= 15 is 0 Å². The molecule has 2 aromatic rings. The second-order valence-electron chi connectivity index (χ2n) is 7.90. The quantitative estimate of drug-likeness (QED) is 0.276. The second kappa shape index (κ2) is 11.4. The van der Waals surface area contributed by atoms with Gasteiger partial charge in [-0.1, -0.05) is 83.5 Å². The fraction of sp³-hybridized carbons (Fsp3) is 0.333. The summed E-state index contributed by atoms with van der Waals surface area (Å²) in [4.78, 5) is 23.3. The topological polar surface area (TPSA) is 52.6 Å². The van der Waals surface area contributed by atoms with Crippen LogP contribution in [0.4, 0.5) is 0 Å². The Morgan fingerprint density at radius 2 is 1.34 bits per heavy atom. The van der Waals surface area contributed by atoms with E-state index in [1.54, 1.807) is 20.8 Å². The summed E-state index contributed by atoms with van der Waals surface area (Å²) in [6, 6.07) is 22.4. The minimum Gasteiger partial charge on any atom is -0.463 e. The first kappa shape index (κ1) is 22.6. The van der Waals surface area contributed by atoms with Crippen LogP contribution >= 0.6 is 0 Å². The summed E-state index contributed by atoms with van der Waals surface area (Å²) in [5.74, 6) is -1.07. The van der Waals surface area contributed by atoms with Crippen molar-refractivity contribution in [2.75, 3.05) is 6.61 Å². The number of carbonyl (C=O) groups excluding carboxylic acids is 2. The van der Waals surface area contributed by atoms with Gasteiger partial charge in [-0.3, -0.25) is 0 Å². The molecule has 0 atom stereocenters. The van der Waals surface area contributed by atoms with Crippen LogP contribution in [0.2, 0.25) is 6.04 Å². The van der Waals surface area contributed by atoms with Crippen molar-refractivity contribution in [2.24, 2.45) is 0 Å². The van der Waals surface area contributed by atoms with Crippen LogP contribution in [0.3, 0.4) is 0 Å². The van der Waals surface area contributed by atoms with Gasteiger partial charge in [-0.05, 0) is 27.2 Å². The number of benzene rings is 2. The van der Waals surface area contributed by atoms with Gasteiger partial charge in [-0.2, -0.15) is 0 Å². The van der Waals surface area contributed by atoms with Crippen molar-refractivity contribution >= 4 is 31.1 Å². The average Bonchev–Trinajstić information content (AvgIpc) is 2.69. The van der Waals surface area contributed by atoms with Gasteiger partial charge >= 0.3 is 11.9 Å². The van der Waals surface area contributed by atoms with Crippen molar-refractivity contribution < 1.29 is 19.1 Å². The van der Waals surface area contributed by atoms with Crippen LogP contribution < -0.4 is 10.4 Å². The zero-order chi connectivity index (χ0) is 21.1. The van der Waals surface area contributed by atoms with Crippen molar-refractivity contribution in [3.63, 3.8) is 0 Å². The van der Waals surface area contributed by atoms with Crippen molar-refractivity contribution in [1.29, 1.82) is 0 Å². The van der Waals surface area contributed by atoms with E-state index in [2.05, 4.69) is 48.5 Å². The van der Waals surface area contributed by atoms with Gasteiger partial charge in [-0.25, -0.2) is 9.59 Å². The van der Waals surface area contributed by atoms with E-state index < -0.39 is 26.3 Å². The third kappa shape index (κ3) is 8.92. The first-order valence-electron chi connectivity index (χ1n) is 10.0. The molecule has 0 aromatic heterocycles. The minimum atomic E-state index is -1.28. The Hall–Kier alpha value is -2.66. The first-order chi connectivity index (χ1) is 13.8. The summed E-state index contributed by atoms with van der Waals surface area (Å²) in [7, 11) is -1.28. The molecule has 4 nitrogen and oxygen atoms in total. The molecule has 0 saturated heterocycles. The molecule has 0 bridgehead atoms. The Balaban J connectivity index is 1.78. The number of ether oxygens (including phenoxy) is 2. The van der Waals surface area contributed by atoms with Gasteiger partial charge in [0.05, 0.1) is 6.61 Å². The van der Waals surface area contributed by atoms with Gasteiger partial charge in [0.1, 0.15) is 14.4 Å². The number of unbranched alkanes of at least 4 members (excludes halogenated alkanes) is 1. The SMILES string of the molecule is CC(C)(C)OC(=O)/C=C\C(=O)OCCCC[SiH](c1ccccc1)c1ccccc1. The lowest BCUT2D eigenvalue weighted by Gasteiger charge is -2.17. The summed E-state index contributed by atoms with van der Waals surface area (Å²) < 4.78 is 10.3. The van der Waals surface area contributed by atoms with Gasteiger partial charge in [0.15, 0.2) is 0 Å². The molecule has 0 saturated carbocycles. The maximum Gasteiger partial charge on any atom is 0.331 e. The van der Waals surface area contributed by atoms with E-state index in [-0.39, 0.29) is 0 Å². The van der Waals surface area contributed by atoms with Gasteiger partial charge in [0, 0.05) is 12.2 Å². The van der Waals surface area contributed by atoms with Gasteiger partial charge in [-0.15, -0.1) is 0 Å². The third-order valence-electron chi connectivity index (χ3n) is 4.30. The lowest BCUT2D eigenvalue weighted by atomic mass is 10.2. The van der Waals surface area contributed by atoms with E-state index in [1.165, 1.54) is 10.4 Å². The van der Waals surface area contributed by atoms with Crippen LogP contribution in [-0.4, -0.2) is 32.9 Å². The largest absolute Gasteiger partial charge is 0.463 e. The lowest BCUT2D eigenvalue weighted by molar-refractivity contribution is -0.149. The van der Waals surface area contributed by atoms with E-state index in [0.29, 0.717) is 6.61 Å². The average molecular weight is 411 g/mol. The molecule has 0 spiro atoms. The first-order valence-corrected chi connectivity index (χ1v) is 12.0. The summed E-state index contributed by atoms with van der Waals surface area (Å²) in [5.41, 5.74) is -0.580. The predicted molar refractivity (Wildman–Crippen MR) is 119 cm³/mol. The van der Waals surface area contributed by atoms with Crippen molar-refractivity contribution in [2.45, 2.75) is 45.3 Å². The van der Waals surface area contributed by atoms with Gasteiger partial charge in [0.2, 0.25) is 0 Å². The zero-order valence-corrected chi connectivity index (χ0v) is 18.6. The highest BCUT2D eigenvalue weighted by Gasteiger charge is 2.16. The predicted octanol–water partition coefficient (Wildman–Crippen LogP) is 3.25. The summed E-state index contributed by atoms with van der Waals surface area (Å²) >= 11 is 0. The fourth-order valence-electron chi connectivity index (χ4n) is 3.04. The molecule has 29 heavy (non-hydrogen) atoms. The molecule has 0 fully saturated rings. The van der Waals surface area contributed by atoms with E-state index in [9.17, 15) is 9.59 Å². The molecular weight excluding hydrogens is 380 g/mol.